The Morgan fingerprint density at radius 3 is 2.44 bits per heavy atom. The van der Waals surface area contributed by atoms with Crippen LogP contribution in [0, 0.1) is 5.82 Å². The average molecular weight is 267 g/mol. The molecule has 0 spiro atoms. The fraction of sp³-hybridized carbons (Fsp3) is 0.143. The minimum atomic E-state index is -0.584. The van der Waals surface area contributed by atoms with Gasteiger partial charge >= 0.3 is 0 Å². The summed E-state index contributed by atoms with van der Waals surface area (Å²) < 4.78 is 19.0. The van der Waals surface area contributed by atoms with Crippen LogP contribution < -0.4 is 4.74 Å². The summed E-state index contributed by atoms with van der Waals surface area (Å²) in [5, 5.41) is 9.39. The van der Waals surface area contributed by atoms with E-state index in [1.165, 1.54) is 12.1 Å². The van der Waals surface area contributed by atoms with Crippen LogP contribution >= 0.6 is 11.6 Å². The third-order valence-electron chi connectivity index (χ3n) is 2.51. The van der Waals surface area contributed by atoms with Crippen LogP contribution in [0.3, 0.4) is 0 Å². The smallest absolute Gasteiger partial charge is 0.184 e. The van der Waals surface area contributed by atoms with Gasteiger partial charge in [0.25, 0.3) is 0 Å². The minimum Gasteiger partial charge on any atom is -0.454 e. The van der Waals surface area contributed by atoms with Crippen LogP contribution in [0.2, 0.25) is 5.02 Å². The van der Waals surface area contributed by atoms with Crippen molar-refractivity contribution in [2.45, 2.75) is 13.0 Å². The van der Waals surface area contributed by atoms with Crippen LogP contribution in [0.25, 0.3) is 0 Å². The second kappa shape index (κ2) is 5.38. The van der Waals surface area contributed by atoms with Crippen LogP contribution in [0.4, 0.5) is 4.39 Å². The standard InChI is InChI=1S/C14H12ClFO2/c1-9(17)10-5-7-11(8-6-10)18-13-4-2-3-12(15)14(13)16/h2-9,17H,1H3/t9-/m0/s1. The first-order valence-corrected chi connectivity index (χ1v) is 5.85. The molecule has 0 aliphatic heterocycles. The van der Waals surface area contributed by atoms with Gasteiger partial charge in [0.2, 0.25) is 0 Å². The molecule has 0 aromatic heterocycles. The van der Waals surface area contributed by atoms with E-state index >= 15 is 0 Å². The largest absolute Gasteiger partial charge is 0.454 e. The summed E-state index contributed by atoms with van der Waals surface area (Å²) in [6, 6.07) is 11.4. The molecular weight excluding hydrogens is 255 g/mol. The van der Waals surface area contributed by atoms with E-state index < -0.39 is 11.9 Å². The van der Waals surface area contributed by atoms with E-state index in [-0.39, 0.29) is 10.8 Å². The summed E-state index contributed by atoms with van der Waals surface area (Å²) in [6.45, 7) is 1.67. The van der Waals surface area contributed by atoms with Gasteiger partial charge in [-0.25, -0.2) is 4.39 Å². The highest BCUT2D eigenvalue weighted by molar-refractivity contribution is 6.30. The van der Waals surface area contributed by atoms with E-state index in [2.05, 4.69) is 0 Å². The molecule has 1 N–H and O–H groups in total. The normalized spacial score (nSPS) is 12.2. The van der Waals surface area contributed by atoms with Crippen molar-refractivity contribution in [3.05, 3.63) is 58.9 Å². The Morgan fingerprint density at radius 2 is 1.83 bits per heavy atom. The number of aliphatic hydroxyl groups is 1. The Morgan fingerprint density at radius 1 is 1.17 bits per heavy atom. The van der Waals surface area contributed by atoms with Gasteiger partial charge in [-0.05, 0) is 36.8 Å². The van der Waals surface area contributed by atoms with Crippen molar-refractivity contribution in [1.29, 1.82) is 0 Å². The van der Waals surface area contributed by atoms with Gasteiger partial charge in [-0.3, -0.25) is 0 Å². The quantitative estimate of drug-likeness (QED) is 0.896. The van der Waals surface area contributed by atoms with Gasteiger partial charge in [0.15, 0.2) is 11.6 Å². The fourth-order valence-corrected chi connectivity index (χ4v) is 1.67. The van der Waals surface area contributed by atoms with E-state index in [1.807, 2.05) is 0 Å². The lowest BCUT2D eigenvalue weighted by Gasteiger charge is -2.09. The molecule has 0 aliphatic rings. The summed E-state index contributed by atoms with van der Waals surface area (Å²) in [6.07, 6.45) is -0.540. The second-order valence-electron chi connectivity index (χ2n) is 3.90. The summed E-state index contributed by atoms with van der Waals surface area (Å²) in [5.41, 5.74) is 0.772. The second-order valence-corrected chi connectivity index (χ2v) is 4.31. The van der Waals surface area contributed by atoms with E-state index in [0.29, 0.717) is 5.75 Å². The van der Waals surface area contributed by atoms with Crippen molar-refractivity contribution in [3.63, 3.8) is 0 Å². The van der Waals surface area contributed by atoms with Crippen LogP contribution in [0.1, 0.15) is 18.6 Å². The van der Waals surface area contributed by atoms with Crippen molar-refractivity contribution < 1.29 is 14.2 Å². The fourth-order valence-electron chi connectivity index (χ4n) is 1.50. The molecule has 0 saturated heterocycles. The topological polar surface area (TPSA) is 29.5 Å². The molecule has 4 heteroatoms. The molecule has 2 aromatic carbocycles. The third-order valence-corrected chi connectivity index (χ3v) is 2.80. The number of rotatable bonds is 3. The zero-order valence-electron chi connectivity index (χ0n) is 9.73. The van der Waals surface area contributed by atoms with Crippen molar-refractivity contribution in [3.8, 4) is 11.5 Å². The van der Waals surface area contributed by atoms with Gasteiger partial charge in [0.1, 0.15) is 5.75 Å². The molecule has 0 saturated carbocycles. The van der Waals surface area contributed by atoms with Gasteiger partial charge in [0.05, 0.1) is 11.1 Å². The first-order valence-electron chi connectivity index (χ1n) is 5.48. The van der Waals surface area contributed by atoms with E-state index in [4.69, 9.17) is 16.3 Å². The van der Waals surface area contributed by atoms with Gasteiger partial charge in [-0.15, -0.1) is 0 Å². The summed E-state index contributed by atoms with van der Waals surface area (Å²) in [4.78, 5) is 0. The lowest BCUT2D eigenvalue weighted by Crippen LogP contribution is -1.92. The predicted molar refractivity (Wildman–Crippen MR) is 68.6 cm³/mol. The molecule has 0 fully saturated rings. The first kappa shape index (κ1) is 12.9. The highest BCUT2D eigenvalue weighted by Gasteiger charge is 2.08. The maximum atomic E-state index is 13.6. The lowest BCUT2D eigenvalue weighted by atomic mass is 10.1. The van der Waals surface area contributed by atoms with Gasteiger partial charge in [0, 0.05) is 0 Å². The zero-order chi connectivity index (χ0) is 13.1. The molecule has 1 atom stereocenters. The Bertz CT molecular complexity index is 538. The third kappa shape index (κ3) is 2.81. The van der Waals surface area contributed by atoms with Crippen molar-refractivity contribution in [2.24, 2.45) is 0 Å². The Balaban J connectivity index is 2.21. The number of halogens is 2. The van der Waals surface area contributed by atoms with Gasteiger partial charge in [-0.2, -0.15) is 0 Å². The van der Waals surface area contributed by atoms with E-state index in [9.17, 15) is 9.50 Å². The number of hydrogen-bond donors (Lipinski definition) is 1. The number of benzene rings is 2. The van der Waals surface area contributed by atoms with Crippen LogP contribution in [-0.4, -0.2) is 5.11 Å². The van der Waals surface area contributed by atoms with Crippen molar-refractivity contribution >= 4 is 11.6 Å². The highest BCUT2D eigenvalue weighted by atomic mass is 35.5. The number of ether oxygens (including phenoxy) is 1. The summed E-state index contributed by atoms with van der Waals surface area (Å²) in [5.74, 6) is -0.0216. The monoisotopic (exact) mass is 266 g/mol. The van der Waals surface area contributed by atoms with Crippen LogP contribution in [-0.2, 0) is 0 Å². The van der Waals surface area contributed by atoms with Gasteiger partial charge < -0.3 is 9.84 Å². The molecule has 0 amide bonds. The zero-order valence-corrected chi connectivity index (χ0v) is 10.5. The Kier molecular flexibility index (Phi) is 3.84. The molecule has 2 rings (SSSR count). The van der Waals surface area contributed by atoms with Crippen molar-refractivity contribution in [2.75, 3.05) is 0 Å². The maximum Gasteiger partial charge on any atom is 0.184 e. The highest BCUT2D eigenvalue weighted by Crippen LogP contribution is 2.29. The molecular formula is C14H12ClFO2. The summed E-state index contributed by atoms with van der Waals surface area (Å²) in [7, 11) is 0. The predicted octanol–water partition coefficient (Wildman–Crippen LogP) is 4.32. The van der Waals surface area contributed by atoms with Crippen molar-refractivity contribution in [1.82, 2.24) is 0 Å². The lowest BCUT2D eigenvalue weighted by molar-refractivity contribution is 0.199. The summed E-state index contributed by atoms with van der Waals surface area (Å²) >= 11 is 5.66. The SMILES string of the molecule is C[C@H](O)c1ccc(Oc2cccc(Cl)c2F)cc1. The molecule has 0 unspecified atom stereocenters. The van der Waals surface area contributed by atoms with Gasteiger partial charge in [-0.1, -0.05) is 29.8 Å². The Hall–Kier alpha value is -1.58. The van der Waals surface area contributed by atoms with E-state index in [0.717, 1.165) is 5.56 Å². The molecule has 2 nitrogen and oxygen atoms in total. The van der Waals surface area contributed by atoms with E-state index in [1.54, 1.807) is 37.3 Å². The molecule has 0 bridgehead atoms. The molecule has 0 aliphatic carbocycles. The minimum absolute atomic E-state index is 0.0214. The number of hydrogen-bond acceptors (Lipinski definition) is 2. The molecule has 0 heterocycles. The molecule has 2 aromatic rings. The molecule has 0 radical (unpaired) electrons. The maximum absolute atomic E-state index is 13.6. The molecule has 94 valence electrons. The average Bonchev–Trinajstić information content (AvgIpc) is 2.36. The molecule has 18 heavy (non-hydrogen) atoms. The number of aliphatic hydroxyl groups excluding tert-OH is 1. The first-order chi connectivity index (χ1) is 8.58. The Labute approximate surface area is 110 Å². The van der Waals surface area contributed by atoms with Crippen LogP contribution in [0.5, 0.6) is 11.5 Å². The van der Waals surface area contributed by atoms with Crippen LogP contribution in [0.15, 0.2) is 42.5 Å².